The van der Waals surface area contributed by atoms with Crippen molar-refractivity contribution in [3.8, 4) is 11.5 Å². The van der Waals surface area contributed by atoms with Crippen LogP contribution in [0.1, 0.15) is 31.7 Å². The first-order chi connectivity index (χ1) is 14.8. The smallest absolute Gasteiger partial charge is 0.243 e. The van der Waals surface area contributed by atoms with E-state index in [0.717, 1.165) is 18.4 Å². The largest absolute Gasteiger partial charge is 0.497 e. The van der Waals surface area contributed by atoms with Crippen LogP contribution in [0.2, 0.25) is 0 Å². The van der Waals surface area contributed by atoms with E-state index in [1.54, 1.807) is 42.8 Å². The first-order valence-corrected chi connectivity index (χ1v) is 11.9. The van der Waals surface area contributed by atoms with Gasteiger partial charge in [0.15, 0.2) is 0 Å². The second-order valence-corrected chi connectivity index (χ2v) is 9.80. The van der Waals surface area contributed by atoms with Gasteiger partial charge in [-0.15, -0.1) is 0 Å². The summed E-state index contributed by atoms with van der Waals surface area (Å²) in [5.41, 5.74) is 1.45. The number of rotatable bonds is 8. The molecular formula is C23H30N2O5S. The molecule has 3 rings (SSSR count). The van der Waals surface area contributed by atoms with Gasteiger partial charge < -0.3 is 14.8 Å². The predicted molar refractivity (Wildman–Crippen MR) is 120 cm³/mol. The van der Waals surface area contributed by atoms with Gasteiger partial charge in [-0.3, -0.25) is 4.79 Å². The van der Waals surface area contributed by atoms with Crippen molar-refractivity contribution in [2.75, 3.05) is 32.6 Å². The third-order valence-electron chi connectivity index (χ3n) is 5.50. The maximum Gasteiger partial charge on any atom is 0.243 e. The number of piperidine rings is 1. The zero-order chi connectivity index (χ0) is 22.4. The Morgan fingerprint density at radius 3 is 2.52 bits per heavy atom. The van der Waals surface area contributed by atoms with Crippen LogP contribution in [-0.4, -0.2) is 45.9 Å². The van der Waals surface area contributed by atoms with Crippen molar-refractivity contribution in [3.05, 3.63) is 48.0 Å². The molecule has 0 aromatic heterocycles. The average Bonchev–Trinajstić information content (AvgIpc) is 2.77. The molecule has 1 unspecified atom stereocenters. The topological polar surface area (TPSA) is 84.9 Å². The highest BCUT2D eigenvalue weighted by molar-refractivity contribution is 7.89. The second-order valence-electron chi connectivity index (χ2n) is 7.86. The van der Waals surface area contributed by atoms with Crippen LogP contribution in [0.25, 0.3) is 0 Å². The minimum absolute atomic E-state index is 0.162. The van der Waals surface area contributed by atoms with Gasteiger partial charge in [0.25, 0.3) is 0 Å². The third-order valence-corrected chi connectivity index (χ3v) is 7.38. The van der Waals surface area contributed by atoms with Crippen LogP contribution in [0.5, 0.6) is 11.5 Å². The molecule has 2 aromatic rings. The Labute approximate surface area is 184 Å². The number of nitrogens with zero attached hydrogens (tertiary/aromatic N) is 1. The number of hydrogen-bond acceptors (Lipinski definition) is 5. The average molecular weight is 447 g/mol. The van der Waals surface area contributed by atoms with Gasteiger partial charge in [0, 0.05) is 25.2 Å². The first-order valence-electron chi connectivity index (χ1n) is 10.4. The van der Waals surface area contributed by atoms with Crippen molar-refractivity contribution >= 4 is 21.6 Å². The minimum Gasteiger partial charge on any atom is -0.497 e. The van der Waals surface area contributed by atoms with E-state index in [4.69, 9.17) is 9.47 Å². The number of methoxy groups -OCH3 is 2. The lowest BCUT2D eigenvalue weighted by Gasteiger charge is -2.30. The molecule has 31 heavy (non-hydrogen) atoms. The summed E-state index contributed by atoms with van der Waals surface area (Å²) in [5.74, 6) is 1.61. The maximum absolute atomic E-state index is 12.9. The number of amides is 1. The molecule has 0 aliphatic carbocycles. The first kappa shape index (κ1) is 23.1. The van der Waals surface area contributed by atoms with Crippen molar-refractivity contribution in [2.24, 2.45) is 5.92 Å². The molecule has 1 saturated heterocycles. The number of benzene rings is 2. The van der Waals surface area contributed by atoms with E-state index in [2.05, 4.69) is 12.2 Å². The molecule has 168 valence electrons. The van der Waals surface area contributed by atoms with E-state index in [1.165, 1.54) is 0 Å². The van der Waals surface area contributed by atoms with Crippen LogP contribution in [0, 0.1) is 5.92 Å². The summed E-state index contributed by atoms with van der Waals surface area (Å²) in [6.07, 6.45) is 2.69. The number of aryl methyl sites for hydroxylation is 1. The van der Waals surface area contributed by atoms with Crippen molar-refractivity contribution < 1.29 is 22.7 Å². The summed E-state index contributed by atoms with van der Waals surface area (Å²) in [5, 5.41) is 2.82. The zero-order valence-corrected chi connectivity index (χ0v) is 19.1. The number of sulfonamides is 1. The van der Waals surface area contributed by atoms with Gasteiger partial charge in [-0.05, 0) is 73.2 Å². The van der Waals surface area contributed by atoms with Crippen molar-refractivity contribution in [1.29, 1.82) is 0 Å². The molecule has 1 amide bonds. The fourth-order valence-electron chi connectivity index (χ4n) is 3.77. The number of hydrogen-bond donors (Lipinski definition) is 1. The molecule has 0 saturated carbocycles. The molecule has 1 N–H and O–H groups in total. The number of anilines is 1. The van der Waals surface area contributed by atoms with E-state index in [9.17, 15) is 13.2 Å². The lowest BCUT2D eigenvalue weighted by molar-refractivity contribution is -0.116. The van der Waals surface area contributed by atoms with E-state index in [1.807, 2.05) is 18.2 Å². The Morgan fingerprint density at radius 2 is 1.87 bits per heavy atom. The van der Waals surface area contributed by atoms with Gasteiger partial charge in [0.05, 0.1) is 19.1 Å². The lowest BCUT2D eigenvalue weighted by atomic mass is 10.0. The molecule has 1 fully saturated rings. The summed E-state index contributed by atoms with van der Waals surface area (Å²) >= 11 is 0. The standard InChI is InChI=1S/C23H30N2O5S/c1-17-5-4-14-25(16-17)31(27,28)21-10-7-19(8-11-21)24-23(26)13-6-18-15-20(29-2)9-12-22(18)30-3/h7-12,15,17H,4-6,13-14,16H2,1-3H3,(H,24,26). The van der Waals surface area contributed by atoms with Crippen LogP contribution in [0.3, 0.4) is 0 Å². The number of nitrogens with one attached hydrogen (secondary N) is 1. The molecule has 7 nitrogen and oxygen atoms in total. The molecule has 1 aliphatic heterocycles. The highest BCUT2D eigenvalue weighted by Gasteiger charge is 2.28. The molecule has 1 heterocycles. The molecular weight excluding hydrogens is 416 g/mol. The molecule has 2 aromatic carbocycles. The Bertz CT molecular complexity index is 1010. The Kier molecular flexibility index (Phi) is 7.56. The maximum atomic E-state index is 12.9. The zero-order valence-electron chi connectivity index (χ0n) is 18.3. The van der Waals surface area contributed by atoms with Crippen LogP contribution < -0.4 is 14.8 Å². The fourth-order valence-corrected chi connectivity index (χ4v) is 5.37. The van der Waals surface area contributed by atoms with E-state index < -0.39 is 10.0 Å². The van der Waals surface area contributed by atoms with E-state index in [-0.39, 0.29) is 17.2 Å². The highest BCUT2D eigenvalue weighted by Crippen LogP contribution is 2.26. The number of ether oxygens (including phenoxy) is 2. The van der Waals surface area contributed by atoms with Crippen LogP contribution >= 0.6 is 0 Å². The normalized spacial score (nSPS) is 17.2. The van der Waals surface area contributed by atoms with Crippen molar-refractivity contribution in [2.45, 2.75) is 37.5 Å². The Morgan fingerprint density at radius 1 is 1.13 bits per heavy atom. The van der Waals surface area contributed by atoms with Gasteiger partial charge in [-0.2, -0.15) is 4.31 Å². The summed E-state index contributed by atoms with van der Waals surface area (Å²) in [7, 11) is -0.326. The SMILES string of the molecule is COc1ccc(OC)c(CCC(=O)Nc2ccc(S(=O)(=O)N3CCCC(C)C3)cc2)c1. The fraction of sp³-hybridized carbons (Fsp3) is 0.435. The molecule has 0 bridgehead atoms. The van der Waals surface area contributed by atoms with Gasteiger partial charge in [-0.25, -0.2) is 8.42 Å². The highest BCUT2D eigenvalue weighted by atomic mass is 32.2. The molecule has 1 atom stereocenters. The van der Waals surface area contributed by atoms with Crippen molar-refractivity contribution in [3.63, 3.8) is 0 Å². The van der Waals surface area contributed by atoms with E-state index >= 15 is 0 Å². The monoisotopic (exact) mass is 446 g/mol. The summed E-state index contributed by atoms with van der Waals surface area (Å²) in [6, 6.07) is 11.8. The molecule has 1 aliphatic rings. The minimum atomic E-state index is -3.51. The second kappa shape index (κ2) is 10.2. The number of carbonyl (C=O) groups is 1. The molecule has 8 heteroatoms. The van der Waals surface area contributed by atoms with E-state index in [0.29, 0.717) is 42.6 Å². The summed E-state index contributed by atoms with van der Waals surface area (Å²) < 4.78 is 37.8. The van der Waals surface area contributed by atoms with Gasteiger partial charge in [0.1, 0.15) is 11.5 Å². The van der Waals surface area contributed by atoms with Gasteiger partial charge in [0.2, 0.25) is 15.9 Å². The molecule has 0 spiro atoms. The number of carbonyl (C=O) groups excluding carboxylic acids is 1. The van der Waals surface area contributed by atoms with Crippen LogP contribution in [-0.2, 0) is 21.2 Å². The quantitative estimate of drug-likeness (QED) is 0.668. The summed E-state index contributed by atoms with van der Waals surface area (Å²) in [6.45, 7) is 3.18. The Hall–Kier alpha value is -2.58. The Balaban J connectivity index is 1.60. The summed E-state index contributed by atoms with van der Waals surface area (Å²) in [4.78, 5) is 12.6. The van der Waals surface area contributed by atoms with Crippen LogP contribution in [0.4, 0.5) is 5.69 Å². The third kappa shape index (κ3) is 5.77. The lowest BCUT2D eigenvalue weighted by Crippen LogP contribution is -2.39. The predicted octanol–water partition coefficient (Wildman–Crippen LogP) is 3.70. The van der Waals surface area contributed by atoms with Gasteiger partial charge in [-0.1, -0.05) is 6.92 Å². The van der Waals surface area contributed by atoms with Crippen LogP contribution in [0.15, 0.2) is 47.4 Å². The van der Waals surface area contributed by atoms with Gasteiger partial charge >= 0.3 is 0 Å². The molecule has 0 radical (unpaired) electrons. The van der Waals surface area contributed by atoms with Crippen molar-refractivity contribution in [1.82, 2.24) is 4.31 Å².